The average Bonchev–Trinajstić information content (AvgIpc) is 3.07. The van der Waals surface area contributed by atoms with Gasteiger partial charge in [-0.2, -0.15) is 5.10 Å². The Kier molecular flexibility index (Phi) is 4.98. The first-order valence-corrected chi connectivity index (χ1v) is 8.28. The van der Waals surface area contributed by atoms with Crippen molar-refractivity contribution in [2.75, 3.05) is 20.1 Å². The van der Waals surface area contributed by atoms with Crippen molar-refractivity contribution in [3.05, 3.63) is 52.8 Å². The van der Waals surface area contributed by atoms with Gasteiger partial charge in [0.2, 0.25) is 0 Å². The highest BCUT2D eigenvalue weighted by Crippen LogP contribution is 2.24. The van der Waals surface area contributed by atoms with Crippen LogP contribution in [0.2, 0.25) is 5.02 Å². The largest absolute Gasteiger partial charge is 0.354 e. The molecule has 0 aliphatic carbocycles. The van der Waals surface area contributed by atoms with E-state index < -0.39 is 0 Å². The van der Waals surface area contributed by atoms with Crippen molar-refractivity contribution in [2.24, 2.45) is 0 Å². The summed E-state index contributed by atoms with van der Waals surface area (Å²) in [7, 11) is 1.62. The van der Waals surface area contributed by atoms with Crippen molar-refractivity contribution < 1.29 is 4.79 Å². The fraction of sp³-hybridized carbons (Fsp3) is 0.412. The van der Waals surface area contributed by atoms with Crippen LogP contribution in [-0.2, 0) is 6.54 Å². The number of benzene rings is 1. The molecule has 1 amide bonds. The quantitative estimate of drug-likeness (QED) is 0.936. The first-order chi connectivity index (χ1) is 11.2. The fourth-order valence-corrected chi connectivity index (χ4v) is 3.24. The lowest BCUT2D eigenvalue weighted by Crippen LogP contribution is -2.36. The van der Waals surface area contributed by atoms with Crippen LogP contribution in [0.5, 0.6) is 0 Å². The van der Waals surface area contributed by atoms with Gasteiger partial charge in [0.15, 0.2) is 0 Å². The van der Waals surface area contributed by atoms with Gasteiger partial charge in [-0.3, -0.25) is 14.4 Å². The minimum absolute atomic E-state index is 0.146. The first kappa shape index (κ1) is 16.0. The molecule has 1 aliphatic heterocycles. The predicted octanol–water partition coefficient (Wildman–Crippen LogP) is 2.73. The molecular weight excluding hydrogens is 312 g/mol. The molecule has 0 radical (unpaired) electrons. The Balaban J connectivity index is 1.67. The lowest BCUT2D eigenvalue weighted by Gasteiger charge is -2.33. The van der Waals surface area contributed by atoms with Crippen LogP contribution in [0.15, 0.2) is 36.5 Å². The number of rotatable bonds is 4. The average molecular weight is 333 g/mol. The molecule has 122 valence electrons. The summed E-state index contributed by atoms with van der Waals surface area (Å²) in [5, 5.41) is 7.84. The lowest BCUT2D eigenvalue weighted by atomic mass is 10.0. The number of piperidine rings is 1. The van der Waals surface area contributed by atoms with E-state index in [9.17, 15) is 4.79 Å². The van der Waals surface area contributed by atoms with Crippen LogP contribution in [0, 0.1) is 0 Å². The number of carbonyl (C=O) groups is 1. The maximum atomic E-state index is 11.6. The van der Waals surface area contributed by atoms with Crippen LogP contribution in [0.3, 0.4) is 0 Å². The summed E-state index contributed by atoms with van der Waals surface area (Å²) in [6.45, 7) is 2.82. The molecule has 1 N–H and O–H groups in total. The molecule has 23 heavy (non-hydrogen) atoms. The smallest absolute Gasteiger partial charge is 0.271 e. The topological polar surface area (TPSA) is 50.2 Å². The van der Waals surface area contributed by atoms with Crippen molar-refractivity contribution in [1.82, 2.24) is 20.0 Å². The standard InChI is InChI=1S/C17H21ClN4O/c1-19-17(23)16-8-10-22(20-16)14-6-4-9-21(12-14)11-13-5-2-3-7-15(13)18/h2-3,5,7-8,10,14H,4,6,9,11-12H2,1H3,(H,19,23)/t14-/m1/s1. The van der Waals surface area contributed by atoms with E-state index in [-0.39, 0.29) is 5.91 Å². The van der Waals surface area contributed by atoms with E-state index in [4.69, 9.17) is 11.6 Å². The van der Waals surface area contributed by atoms with E-state index in [0.29, 0.717) is 11.7 Å². The summed E-state index contributed by atoms with van der Waals surface area (Å²) >= 11 is 6.26. The predicted molar refractivity (Wildman–Crippen MR) is 90.6 cm³/mol. The summed E-state index contributed by atoms with van der Waals surface area (Å²) < 4.78 is 1.92. The number of amides is 1. The Hall–Kier alpha value is -1.85. The van der Waals surface area contributed by atoms with E-state index in [1.54, 1.807) is 13.1 Å². The van der Waals surface area contributed by atoms with Crippen molar-refractivity contribution in [1.29, 1.82) is 0 Å². The maximum Gasteiger partial charge on any atom is 0.271 e. The summed E-state index contributed by atoms with van der Waals surface area (Å²) in [6.07, 6.45) is 4.09. The third-order valence-electron chi connectivity index (χ3n) is 4.27. The third kappa shape index (κ3) is 3.74. The molecule has 1 saturated heterocycles. The SMILES string of the molecule is CNC(=O)c1ccn([C@@H]2CCCN(Cc3ccccc3Cl)C2)n1. The molecule has 2 heterocycles. The van der Waals surface area contributed by atoms with Gasteiger partial charge in [0.05, 0.1) is 6.04 Å². The summed E-state index contributed by atoms with van der Waals surface area (Å²) in [4.78, 5) is 14.0. The zero-order chi connectivity index (χ0) is 16.2. The molecule has 6 heteroatoms. The number of hydrogen-bond donors (Lipinski definition) is 1. The second kappa shape index (κ2) is 7.15. The van der Waals surface area contributed by atoms with Crippen LogP contribution < -0.4 is 5.32 Å². The Labute approximate surface area is 141 Å². The van der Waals surface area contributed by atoms with Crippen LogP contribution in [0.4, 0.5) is 0 Å². The molecule has 5 nitrogen and oxygen atoms in total. The number of hydrogen-bond acceptors (Lipinski definition) is 3. The molecule has 0 spiro atoms. The van der Waals surface area contributed by atoms with Gasteiger partial charge in [-0.15, -0.1) is 0 Å². The molecule has 3 rings (SSSR count). The molecule has 0 saturated carbocycles. The normalized spacial score (nSPS) is 18.8. The van der Waals surface area contributed by atoms with E-state index in [0.717, 1.165) is 43.1 Å². The van der Waals surface area contributed by atoms with Gasteiger partial charge in [0, 0.05) is 31.4 Å². The number of aromatic nitrogens is 2. The van der Waals surface area contributed by atoms with Crippen molar-refractivity contribution in [2.45, 2.75) is 25.4 Å². The van der Waals surface area contributed by atoms with Crippen molar-refractivity contribution in [3.8, 4) is 0 Å². The van der Waals surface area contributed by atoms with Gasteiger partial charge in [0.25, 0.3) is 5.91 Å². The molecule has 1 aliphatic rings. The van der Waals surface area contributed by atoms with Gasteiger partial charge < -0.3 is 5.32 Å². The highest BCUT2D eigenvalue weighted by molar-refractivity contribution is 6.31. The molecule has 1 fully saturated rings. The molecular formula is C17H21ClN4O. The zero-order valence-corrected chi connectivity index (χ0v) is 14.0. The molecule has 0 bridgehead atoms. The summed E-state index contributed by atoms with van der Waals surface area (Å²) in [6, 6.07) is 10.0. The molecule has 0 unspecified atom stereocenters. The number of carbonyl (C=O) groups excluding carboxylic acids is 1. The van der Waals surface area contributed by atoms with E-state index >= 15 is 0 Å². The second-order valence-electron chi connectivity index (χ2n) is 5.88. The van der Waals surface area contributed by atoms with Crippen LogP contribution in [0.25, 0.3) is 0 Å². The molecule has 1 atom stereocenters. The van der Waals surface area contributed by atoms with Gasteiger partial charge in [0.1, 0.15) is 5.69 Å². The summed E-state index contributed by atoms with van der Waals surface area (Å²) in [5.74, 6) is -0.146. The molecule has 2 aromatic rings. The van der Waals surface area contributed by atoms with Gasteiger partial charge in [-0.1, -0.05) is 29.8 Å². The number of nitrogens with zero attached hydrogens (tertiary/aromatic N) is 3. The van der Waals surface area contributed by atoms with E-state index in [1.165, 1.54) is 0 Å². The minimum atomic E-state index is -0.146. The number of nitrogens with one attached hydrogen (secondary N) is 1. The van der Waals surface area contributed by atoms with Crippen molar-refractivity contribution >= 4 is 17.5 Å². The number of likely N-dealkylation sites (tertiary alicyclic amines) is 1. The van der Waals surface area contributed by atoms with E-state index in [1.807, 2.05) is 29.1 Å². The fourth-order valence-electron chi connectivity index (χ4n) is 3.05. The lowest BCUT2D eigenvalue weighted by molar-refractivity contribution is 0.0955. The Bertz CT molecular complexity index is 685. The summed E-state index contributed by atoms with van der Waals surface area (Å²) in [5.41, 5.74) is 1.62. The van der Waals surface area contributed by atoms with Gasteiger partial charge in [-0.25, -0.2) is 0 Å². The molecule has 1 aromatic heterocycles. The highest BCUT2D eigenvalue weighted by atomic mass is 35.5. The Morgan fingerprint density at radius 2 is 2.22 bits per heavy atom. The van der Waals surface area contributed by atoms with Crippen molar-refractivity contribution in [3.63, 3.8) is 0 Å². The minimum Gasteiger partial charge on any atom is -0.354 e. The Morgan fingerprint density at radius 1 is 1.39 bits per heavy atom. The maximum absolute atomic E-state index is 11.6. The molecule has 1 aromatic carbocycles. The first-order valence-electron chi connectivity index (χ1n) is 7.90. The van der Waals surface area contributed by atoms with Gasteiger partial charge in [-0.05, 0) is 37.1 Å². The van der Waals surface area contributed by atoms with Crippen LogP contribution >= 0.6 is 11.6 Å². The zero-order valence-electron chi connectivity index (χ0n) is 13.2. The Morgan fingerprint density at radius 3 is 3.00 bits per heavy atom. The van der Waals surface area contributed by atoms with Gasteiger partial charge >= 0.3 is 0 Å². The third-order valence-corrected chi connectivity index (χ3v) is 4.64. The second-order valence-corrected chi connectivity index (χ2v) is 6.29. The van der Waals surface area contributed by atoms with Crippen LogP contribution in [-0.4, -0.2) is 40.7 Å². The van der Waals surface area contributed by atoms with E-state index in [2.05, 4.69) is 21.4 Å². The number of halogens is 1. The highest BCUT2D eigenvalue weighted by Gasteiger charge is 2.23. The van der Waals surface area contributed by atoms with Crippen LogP contribution in [0.1, 0.15) is 34.9 Å². The monoisotopic (exact) mass is 332 g/mol.